The first-order chi connectivity index (χ1) is 11.6. The number of aryl methyl sites for hydroxylation is 1. The van der Waals surface area contributed by atoms with E-state index in [1.54, 1.807) is 17.0 Å². The van der Waals surface area contributed by atoms with Crippen LogP contribution >= 0.6 is 0 Å². The van der Waals surface area contributed by atoms with Crippen molar-refractivity contribution >= 4 is 17.6 Å². The number of carbonyl (C=O) groups excluding carboxylic acids is 1. The highest BCUT2D eigenvalue weighted by atomic mass is 16.4. The summed E-state index contributed by atoms with van der Waals surface area (Å²) in [5.74, 6) is -1.14. The van der Waals surface area contributed by atoms with E-state index in [1.807, 2.05) is 36.4 Å². The monoisotopic (exact) mass is 326 g/mol. The number of nitrogens with one attached hydrogen (secondary N) is 1. The minimum absolute atomic E-state index is 0.0294. The Hall–Kier alpha value is -2.82. The van der Waals surface area contributed by atoms with Crippen molar-refractivity contribution in [3.8, 4) is 0 Å². The van der Waals surface area contributed by atoms with Crippen molar-refractivity contribution in [1.82, 2.24) is 5.32 Å². The molecule has 0 spiro atoms. The first-order valence-corrected chi connectivity index (χ1v) is 7.97. The summed E-state index contributed by atoms with van der Waals surface area (Å²) in [7, 11) is 0. The summed E-state index contributed by atoms with van der Waals surface area (Å²) < 4.78 is 0. The third kappa shape index (κ3) is 6.12. The van der Waals surface area contributed by atoms with Crippen LogP contribution in [-0.2, 0) is 16.0 Å². The first-order valence-electron chi connectivity index (χ1n) is 7.97. The molecule has 0 aromatic heterocycles. The van der Waals surface area contributed by atoms with Crippen LogP contribution < -0.4 is 10.2 Å². The van der Waals surface area contributed by atoms with E-state index in [0.717, 1.165) is 18.5 Å². The zero-order valence-corrected chi connectivity index (χ0v) is 13.5. The Bertz CT molecular complexity index is 644. The largest absolute Gasteiger partial charge is 0.480 e. The summed E-state index contributed by atoms with van der Waals surface area (Å²) >= 11 is 0. The maximum atomic E-state index is 12.1. The number of benzene rings is 2. The number of hydrogen-bond donors (Lipinski definition) is 2. The zero-order chi connectivity index (χ0) is 17.2. The van der Waals surface area contributed by atoms with Crippen molar-refractivity contribution < 1.29 is 14.7 Å². The van der Waals surface area contributed by atoms with Gasteiger partial charge in [-0.3, -0.25) is 9.59 Å². The molecular weight excluding hydrogens is 304 g/mol. The number of carboxylic acid groups (broad SMARTS) is 1. The molecule has 0 heterocycles. The molecule has 24 heavy (non-hydrogen) atoms. The van der Waals surface area contributed by atoms with Gasteiger partial charge in [-0.2, -0.15) is 0 Å². The Morgan fingerprint density at radius 3 is 2.17 bits per heavy atom. The molecule has 2 aromatic carbocycles. The molecule has 1 amide bonds. The van der Waals surface area contributed by atoms with Crippen LogP contribution in [0.4, 0.5) is 5.69 Å². The molecule has 0 aliphatic carbocycles. The zero-order valence-electron chi connectivity index (χ0n) is 13.5. The average Bonchev–Trinajstić information content (AvgIpc) is 2.59. The number of aliphatic carboxylic acids is 1. The highest BCUT2D eigenvalue weighted by Gasteiger charge is 2.14. The number of anilines is 1. The molecule has 2 rings (SSSR count). The van der Waals surface area contributed by atoms with Gasteiger partial charge in [0.05, 0.1) is 6.54 Å². The highest BCUT2D eigenvalue weighted by molar-refractivity contribution is 5.84. The number of para-hydroxylation sites is 1. The van der Waals surface area contributed by atoms with Gasteiger partial charge in [-0.15, -0.1) is 0 Å². The molecule has 0 unspecified atom stereocenters. The van der Waals surface area contributed by atoms with Crippen molar-refractivity contribution in [2.75, 3.05) is 24.5 Å². The molecule has 0 aliphatic rings. The minimum atomic E-state index is -0.962. The van der Waals surface area contributed by atoms with Crippen molar-refractivity contribution in [2.24, 2.45) is 0 Å². The second-order valence-electron chi connectivity index (χ2n) is 5.52. The summed E-state index contributed by atoms with van der Waals surface area (Å²) in [6.07, 6.45) is 1.75. The van der Waals surface area contributed by atoms with Crippen LogP contribution in [-0.4, -0.2) is 36.6 Å². The van der Waals surface area contributed by atoms with Gasteiger partial charge < -0.3 is 15.3 Å². The maximum absolute atomic E-state index is 12.1. The van der Waals surface area contributed by atoms with Gasteiger partial charge in [-0.25, -0.2) is 0 Å². The second kappa shape index (κ2) is 9.35. The number of amides is 1. The predicted octanol–water partition coefficient (Wildman–Crippen LogP) is 2.33. The molecular formula is C19H22N2O3. The molecule has 0 aliphatic heterocycles. The standard InChI is InChI=1S/C19H22N2O3/c22-18(20-13-7-10-16-8-3-1-4-9-16)14-21(15-19(23)24)17-11-5-2-6-12-17/h1-6,8-9,11-12H,7,10,13-15H2,(H,20,22)(H,23,24). The fourth-order valence-corrected chi connectivity index (χ4v) is 2.43. The number of hydrogen-bond acceptors (Lipinski definition) is 3. The van der Waals surface area contributed by atoms with Crippen molar-refractivity contribution in [1.29, 1.82) is 0 Å². The Labute approximate surface area is 141 Å². The van der Waals surface area contributed by atoms with Crippen molar-refractivity contribution in [3.63, 3.8) is 0 Å². The van der Waals surface area contributed by atoms with E-state index in [-0.39, 0.29) is 19.0 Å². The minimum Gasteiger partial charge on any atom is -0.480 e. The summed E-state index contributed by atoms with van der Waals surface area (Å²) in [6, 6.07) is 19.2. The Morgan fingerprint density at radius 1 is 0.917 bits per heavy atom. The Balaban J connectivity index is 1.79. The van der Waals surface area contributed by atoms with Crippen molar-refractivity contribution in [3.05, 3.63) is 66.2 Å². The lowest BCUT2D eigenvalue weighted by molar-refractivity contribution is -0.135. The second-order valence-corrected chi connectivity index (χ2v) is 5.52. The van der Waals surface area contributed by atoms with E-state index >= 15 is 0 Å². The van der Waals surface area contributed by atoms with Crippen LogP contribution in [0.3, 0.4) is 0 Å². The smallest absolute Gasteiger partial charge is 0.323 e. The number of carboxylic acids is 1. The molecule has 0 bridgehead atoms. The van der Waals surface area contributed by atoms with E-state index in [1.165, 1.54) is 5.56 Å². The Kier molecular flexibility index (Phi) is 6.83. The average molecular weight is 326 g/mol. The molecule has 0 saturated carbocycles. The van der Waals surface area contributed by atoms with Gasteiger partial charge in [0, 0.05) is 12.2 Å². The quantitative estimate of drug-likeness (QED) is 0.694. The van der Waals surface area contributed by atoms with Crippen LogP contribution in [0.25, 0.3) is 0 Å². The molecule has 2 aromatic rings. The molecule has 0 radical (unpaired) electrons. The van der Waals surface area contributed by atoms with Crippen LogP contribution in [0.2, 0.25) is 0 Å². The van der Waals surface area contributed by atoms with Gasteiger partial charge in [0.15, 0.2) is 0 Å². The number of carbonyl (C=O) groups is 2. The number of nitrogens with zero attached hydrogens (tertiary/aromatic N) is 1. The highest BCUT2D eigenvalue weighted by Crippen LogP contribution is 2.12. The van der Waals surface area contributed by atoms with E-state index in [4.69, 9.17) is 5.11 Å². The fraction of sp³-hybridized carbons (Fsp3) is 0.263. The van der Waals surface area contributed by atoms with E-state index in [2.05, 4.69) is 17.4 Å². The van der Waals surface area contributed by atoms with Crippen LogP contribution in [0, 0.1) is 0 Å². The third-order valence-corrected chi connectivity index (χ3v) is 3.59. The lowest BCUT2D eigenvalue weighted by Gasteiger charge is -2.22. The van der Waals surface area contributed by atoms with Gasteiger partial charge in [-0.05, 0) is 30.5 Å². The predicted molar refractivity (Wildman–Crippen MR) is 94.1 cm³/mol. The summed E-state index contributed by atoms with van der Waals surface area (Å²) in [6.45, 7) is 0.395. The fourth-order valence-electron chi connectivity index (χ4n) is 2.43. The third-order valence-electron chi connectivity index (χ3n) is 3.59. The topological polar surface area (TPSA) is 69.6 Å². The molecule has 0 saturated heterocycles. The molecule has 0 atom stereocenters. The molecule has 5 nitrogen and oxygen atoms in total. The van der Waals surface area contributed by atoms with Crippen LogP contribution in [0.5, 0.6) is 0 Å². The number of rotatable bonds is 9. The van der Waals surface area contributed by atoms with E-state index in [0.29, 0.717) is 6.54 Å². The van der Waals surface area contributed by atoms with Crippen molar-refractivity contribution in [2.45, 2.75) is 12.8 Å². The normalized spacial score (nSPS) is 10.2. The van der Waals surface area contributed by atoms with E-state index in [9.17, 15) is 9.59 Å². The van der Waals surface area contributed by atoms with E-state index < -0.39 is 5.97 Å². The van der Waals surface area contributed by atoms with Crippen LogP contribution in [0.1, 0.15) is 12.0 Å². The molecule has 126 valence electrons. The van der Waals surface area contributed by atoms with Gasteiger partial charge in [0.1, 0.15) is 6.54 Å². The van der Waals surface area contributed by atoms with Crippen LogP contribution in [0.15, 0.2) is 60.7 Å². The molecule has 2 N–H and O–H groups in total. The molecule has 5 heteroatoms. The summed E-state index contributed by atoms with van der Waals surface area (Å²) in [5, 5.41) is 11.9. The summed E-state index contributed by atoms with van der Waals surface area (Å²) in [5.41, 5.74) is 1.96. The SMILES string of the molecule is O=C(O)CN(CC(=O)NCCCc1ccccc1)c1ccccc1. The Morgan fingerprint density at radius 2 is 1.54 bits per heavy atom. The van der Waals surface area contributed by atoms with Gasteiger partial charge in [0.25, 0.3) is 0 Å². The maximum Gasteiger partial charge on any atom is 0.323 e. The van der Waals surface area contributed by atoms with Gasteiger partial charge >= 0.3 is 5.97 Å². The summed E-state index contributed by atoms with van der Waals surface area (Å²) in [4.78, 5) is 24.6. The lowest BCUT2D eigenvalue weighted by atomic mass is 10.1. The van der Waals surface area contributed by atoms with Gasteiger partial charge in [-0.1, -0.05) is 48.5 Å². The molecule has 0 fully saturated rings. The first kappa shape index (κ1) is 17.5. The lowest BCUT2D eigenvalue weighted by Crippen LogP contribution is -2.40. The van der Waals surface area contributed by atoms with Gasteiger partial charge in [0.2, 0.25) is 5.91 Å².